The number of hydrogen-bond acceptors (Lipinski definition) is 6. The Bertz CT molecular complexity index is 1020. The largest absolute Gasteiger partial charge is 0.478 e. The number of nitrogens with two attached hydrogens (primary N) is 1. The van der Waals surface area contributed by atoms with Gasteiger partial charge in [-0.2, -0.15) is 0 Å². The van der Waals surface area contributed by atoms with Gasteiger partial charge in [0.1, 0.15) is 0 Å². The topological polar surface area (TPSA) is 173 Å². The summed E-state index contributed by atoms with van der Waals surface area (Å²) in [5.41, 5.74) is 5.79. The molecule has 0 atom stereocenters. The number of anilines is 2. The number of fused-ring (bicyclic) bond motifs is 2. The van der Waals surface area contributed by atoms with Crippen LogP contribution in [-0.2, 0) is 9.59 Å². The van der Waals surface area contributed by atoms with Crippen LogP contribution in [0.25, 0.3) is 0 Å². The van der Waals surface area contributed by atoms with Gasteiger partial charge in [0.15, 0.2) is 0 Å². The Morgan fingerprint density at radius 2 is 1.18 bits per heavy atom. The Kier molecular flexibility index (Phi) is 4.45. The van der Waals surface area contributed by atoms with Gasteiger partial charge >= 0.3 is 5.97 Å². The van der Waals surface area contributed by atoms with Gasteiger partial charge in [-0.3, -0.25) is 24.0 Å². The minimum absolute atomic E-state index is 0.0679. The molecule has 2 aromatic rings. The summed E-state index contributed by atoms with van der Waals surface area (Å²) in [5.74, 6) is -4.68. The van der Waals surface area contributed by atoms with E-state index in [1.165, 1.54) is 36.4 Å². The van der Waals surface area contributed by atoms with Crippen LogP contribution < -0.4 is 16.4 Å². The monoisotopic (exact) mass is 381 g/mol. The highest BCUT2D eigenvalue weighted by atomic mass is 16.4. The molecule has 2 aliphatic heterocycles. The SMILES string of the molecule is NC(=O)c1cccc2c1NC(=O)C2=O.O=C1Nc2c(C(=O)O)cccc2C1=O. The smallest absolute Gasteiger partial charge is 0.337 e. The minimum Gasteiger partial charge on any atom is -0.478 e. The molecule has 0 radical (unpaired) electrons. The number of primary amides is 1. The molecule has 2 aliphatic rings. The van der Waals surface area contributed by atoms with Crippen LogP contribution in [0.4, 0.5) is 11.4 Å². The summed E-state index contributed by atoms with van der Waals surface area (Å²) < 4.78 is 0. The number of benzene rings is 2. The van der Waals surface area contributed by atoms with Gasteiger partial charge < -0.3 is 21.5 Å². The lowest BCUT2D eigenvalue weighted by Gasteiger charge is -2.01. The zero-order chi connectivity index (χ0) is 20.6. The van der Waals surface area contributed by atoms with Crippen LogP contribution in [-0.4, -0.2) is 40.4 Å². The Morgan fingerprint density at radius 1 is 0.750 bits per heavy atom. The molecule has 28 heavy (non-hydrogen) atoms. The summed E-state index contributed by atoms with van der Waals surface area (Å²) in [6.07, 6.45) is 0. The first-order chi connectivity index (χ1) is 13.2. The quantitative estimate of drug-likeness (QED) is 0.546. The number of carbonyl (C=O) groups is 6. The highest BCUT2D eigenvalue weighted by Crippen LogP contribution is 2.27. The lowest BCUT2D eigenvalue weighted by Crippen LogP contribution is -2.15. The first-order valence-electron chi connectivity index (χ1n) is 7.73. The van der Waals surface area contributed by atoms with E-state index in [0.29, 0.717) is 0 Å². The number of carboxylic acid groups (broad SMARTS) is 1. The number of carboxylic acids is 1. The van der Waals surface area contributed by atoms with Crippen molar-refractivity contribution in [2.75, 3.05) is 10.6 Å². The van der Waals surface area contributed by atoms with E-state index in [0.717, 1.165) is 0 Å². The number of ketones is 2. The van der Waals surface area contributed by atoms with Crippen molar-refractivity contribution < 1.29 is 33.9 Å². The molecular formula is C18H11N3O7. The highest BCUT2D eigenvalue weighted by Gasteiger charge is 2.31. The maximum Gasteiger partial charge on any atom is 0.337 e. The Balaban J connectivity index is 0.000000161. The van der Waals surface area contributed by atoms with E-state index in [9.17, 15) is 28.8 Å². The molecule has 0 bridgehead atoms. The van der Waals surface area contributed by atoms with Crippen molar-refractivity contribution in [1.82, 2.24) is 0 Å². The van der Waals surface area contributed by atoms with Crippen LogP contribution >= 0.6 is 0 Å². The Morgan fingerprint density at radius 3 is 1.61 bits per heavy atom. The molecule has 0 aliphatic carbocycles. The maximum absolute atomic E-state index is 11.2. The summed E-state index contributed by atoms with van der Waals surface area (Å²) in [6.45, 7) is 0. The molecule has 0 fully saturated rings. The minimum atomic E-state index is -1.17. The van der Waals surface area contributed by atoms with Gasteiger partial charge in [-0.1, -0.05) is 12.1 Å². The Hall–Kier alpha value is -4.34. The van der Waals surface area contributed by atoms with Crippen LogP contribution in [0, 0.1) is 0 Å². The van der Waals surface area contributed by atoms with Crippen LogP contribution in [0.15, 0.2) is 36.4 Å². The van der Waals surface area contributed by atoms with Crippen molar-refractivity contribution in [3.63, 3.8) is 0 Å². The predicted octanol–water partition coefficient (Wildman–Crippen LogP) is 0.440. The number of rotatable bonds is 2. The molecule has 3 amide bonds. The van der Waals surface area contributed by atoms with E-state index in [-0.39, 0.29) is 33.6 Å². The van der Waals surface area contributed by atoms with Crippen LogP contribution in [0.2, 0.25) is 0 Å². The third-order valence-corrected chi connectivity index (χ3v) is 4.00. The van der Waals surface area contributed by atoms with E-state index in [2.05, 4.69) is 10.6 Å². The summed E-state index contributed by atoms with van der Waals surface area (Å²) in [7, 11) is 0. The average Bonchev–Trinajstić information content (AvgIpc) is 3.11. The van der Waals surface area contributed by atoms with Gasteiger partial charge in [0.05, 0.1) is 33.6 Å². The molecule has 140 valence electrons. The molecule has 10 nitrogen and oxygen atoms in total. The fourth-order valence-corrected chi connectivity index (χ4v) is 2.72. The van der Waals surface area contributed by atoms with E-state index in [1.807, 2.05) is 0 Å². The lowest BCUT2D eigenvalue weighted by atomic mass is 10.1. The van der Waals surface area contributed by atoms with Crippen molar-refractivity contribution in [2.45, 2.75) is 0 Å². The molecular weight excluding hydrogens is 370 g/mol. The summed E-state index contributed by atoms with van der Waals surface area (Å²) in [5, 5.41) is 13.3. The second kappa shape index (κ2) is 6.76. The second-order valence-electron chi connectivity index (χ2n) is 5.69. The first-order valence-corrected chi connectivity index (χ1v) is 7.73. The molecule has 0 unspecified atom stereocenters. The normalized spacial score (nSPS) is 13.7. The number of para-hydroxylation sites is 2. The first kappa shape index (κ1) is 18.5. The number of Topliss-reactive ketones (excluding diaryl/α,β-unsaturated/α-hetero) is 2. The third kappa shape index (κ3) is 2.98. The fourth-order valence-electron chi connectivity index (χ4n) is 2.72. The molecule has 0 aromatic heterocycles. The predicted molar refractivity (Wildman–Crippen MR) is 94.3 cm³/mol. The third-order valence-electron chi connectivity index (χ3n) is 4.00. The van der Waals surface area contributed by atoms with Gasteiger partial charge in [0, 0.05) is 0 Å². The van der Waals surface area contributed by atoms with E-state index in [1.54, 1.807) is 0 Å². The van der Waals surface area contributed by atoms with Gasteiger partial charge in [0.25, 0.3) is 29.3 Å². The molecule has 0 spiro atoms. The van der Waals surface area contributed by atoms with Crippen LogP contribution in [0.5, 0.6) is 0 Å². The molecule has 10 heteroatoms. The molecule has 2 heterocycles. The zero-order valence-electron chi connectivity index (χ0n) is 13.9. The van der Waals surface area contributed by atoms with E-state index < -0.39 is 35.3 Å². The van der Waals surface area contributed by atoms with Gasteiger partial charge in [-0.05, 0) is 24.3 Å². The maximum atomic E-state index is 11.2. The molecule has 0 saturated heterocycles. The standard InChI is InChI=1S/C9H6N2O3.C9H5NO4/c10-8(13)5-3-1-2-4-6(5)11-9(14)7(4)12;11-7-4-2-1-3-5(9(13)14)6(4)10-8(7)12/h1-3H,(H2,10,13)(H,11,12,14);1-3H,(H,13,14)(H,10,11,12). The molecule has 5 N–H and O–H groups in total. The van der Waals surface area contributed by atoms with Crippen molar-refractivity contribution in [1.29, 1.82) is 0 Å². The zero-order valence-corrected chi connectivity index (χ0v) is 13.9. The Labute approximate surface area is 156 Å². The van der Waals surface area contributed by atoms with E-state index >= 15 is 0 Å². The summed E-state index contributed by atoms with van der Waals surface area (Å²) in [6, 6.07) is 8.63. The number of carbonyl (C=O) groups excluding carboxylic acids is 5. The van der Waals surface area contributed by atoms with Crippen molar-refractivity contribution in [2.24, 2.45) is 5.73 Å². The van der Waals surface area contributed by atoms with Crippen molar-refractivity contribution in [3.8, 4) is 0 Å². The van der Waals surface area contributed by atoms with Crippen LogP contribution in [0.3, 0.4) is 0 Å². The number of hydrogen-bond donors (Lipinski definition) is 4. The average molecular weight is 381 g/mol. The molecule has 0 saturated carbocycles. The van der Waals surface area contributed by atoms with Crippen molar-refractivity contribution >= 4 is 46.6 Å². The van der Waals surface area contributed by atoms with Gasteiger partial charge in [-0.15, -0.1) is 0 Å². The second-order valence-corrected chi connectivity index (χ2v) is 5.69. The van der Waals surface area contributed by atoms with E-state index in [4.69, 9.17) is 10.8 Å². The number of nitrogens with one attached hydrogen (secondary N) is 2. The molecule has 2 aromatic carbocycles. The summed E-state index contributed by atoms with van der Waals surface area (Å²) in [4.78, 5) is 66.0. The number of amides is 3. The van der Waals surface area contributed by atoms with Crippen LogP contribution in [0.1, 0.15) is 41.4 Å². The highest BCUT2D eigenvalue weighted by molar-refractivity contribution is 6.52. The fraction of sp³-hybridized carbons (Fsp3) is 0. The number of aromatic carboxylic acids is 1. The van der Waals surface area contributed by atoms with Gasteiger partial charge in [-0.25, -0.2) is 4.79 Å². The lowest BCUT2D eigenvalue weighted by molar-refractivity contribution is -0.112. The van der Waals surface area contributed by atoms with Gasteiger partial charge in [0.2, 0.25) is 0 Å². The van der Waals surface area contributed by atoms with Crippen molar-refractivity contribution in [3.05, 3.63) is 58.7 Å². The summed E-state index contributed by atoms with van der Waals surface area (Å²) >= 11 is 0. The molecule has 4 rings (SSSR count).